The van der Waals surface area contributed by atoms with Crippen molar-refractivity contribution in [2.45, 2.75) is 25.6 Å². The Balaban J connectivity index is 1.52. The maximum absolute atomic E-state index is 13.5. The standard InChI is InChI=1S/C24H23FN2O3/c1-16-2-7-21-19(14-16)20(15-22(26-21)17-3-5-18(25)6-4-17)23(28)27-10-8-24(9-11-27)29-12-13-30-24/h2-7,14-15H,8-13H2,1H3. The summed E-state index contributed by atoms with van der Waals surface area (Å²) in [5.41, 5.74) is 3.87. The Morgan fingerprint density at radius 2 is 1.73 bits per heavy atom. The topological polar surface area (TPSA) is 51.7 Å². The van der Waals surface area contributed by atoms with E-state index in [1.807, 2.05) is 36.1 Å². The van der Waals surface area contributed by atoms with Gasteiger partial charge in [0.1, 0.15) is 5.82 Å². The average Bonchev–Trinajstić information content (AvgIpc) is 3.21. The molecule has 5 nitrogen and oxygen atoms in total. The molecule has 0 N–H and O–H groups in total. The van der Waals surface area contributed by atoms with Crippen molar-refractivity contribution >= 4 is 16.8 Å². The number of amides is 1. The lowest BCUT2D eigenvalue weighted by Gasteiger charge is -2.37. The first-order valence-electron chi connectivity index (χ1n) is 10.3. The second kappa shape index (κ2) is 7.45. The number of likely N-dealkylation sites (tertiary alicyclic amines) is 1. The zero-order chi connectivity index (χ0) is 20.7. The number of halogens is 1. The Labute approximate surface area is 174 Å². The molecule has 0 saturated carbocycles. The van der Waals surface area contributed by atoms with E-state index >= 15 is 0 Å². The molecule has 2 aliphatic rings. The van der Waals surface area contributed by atoms with Gasteiger partial charge in [-0.1, -0.05) is 11.6 Å². The van der Waals surface area contributed by atoms with Crippen LogP contribution in [0.3, 0.4) is 0 Å². The van der Waals surface area contributed by atoms with Crippen molar-refractivity contribution in [2.75, 3.05) is 26.3 Å². The van der Waals surface area contributed by atoms with E-state index in [1.165, 1.54) is 12.1 Å². The highest BCUT2D eigenvalue weighted by Gasteiger charge is 2.41. The lowest BCUT2D eigenvalue weighted by atomic mass is 9.99. The van der Waals surface area contributed by atoms with Gasteiger partial charge in [0.25, 0.3) is 5.91 Å². The lowest BCUT2D eigenvalue weighted by molar-refractivity contribution is -0.181. The molecule has 1 spiro atoms. The molecule has 2 saturated heterocycles. The van der Waals surface area contributed by atoms with Gasteiger partial charge in [-0.05, 0) is 49.4 Å². The molecule has 154 valence electrons. The molecule has 2 aromatic carbocycles. The molecule has 1 amide bonds. The SMILES string of the molecule is Cc1ccc2nc(-c3ccc(F)cc3)cc(C(=O)N3CCC4(CC3)OCCO4)c2c1. The highest BCUT2D eigenvalue weighted by molar-refractivity contribution is 6.07. The van der Waals surface area contributed by atoms with Crippen LogP contribution in [0, 0.1) is 12.7 Å². The summed E-state index contributed by atoms with van der Waals surface area (Å²) in [5.74, 6) is -0.846. The Morgan fingerprint density at radius 3 is 2.43 bits per heavy atom. The van der Waals surface area contributed by atoms with E-state index in [9.17, 15) is 9.18 Å². The summed E-state index contributed by atoms with van der Waals surface area (Å²) >= 11 is 0. The lowest BCUT2D eigenvalue weighted by Crippen LogP contribution is -2.47. The van der Waals surface area contributed by atoms with Crippen molar-refractivity contribution in [3.63, 3.8) is 0 Å². The molecule has 5 rings (SSSR count). The molecule has 0 aliphatic carbocycles. The minimum atomic E-state index is -0.521. The van der Waals surface area contributed by atoms with Gasteiger partial charge in [-0.3, -0.25) is 4.79 Å². The van der Waals surface area contributed by atoms with E-state index < -0.39 is 5.79 Å². The summed E-state index contributed by atoms with van der Waals surface area (Å²) in [6, 6.07) is 13.9. The molecule has 0 unspecified atom stereocenters. The van der Waals surface area contributed by atoms with E-state index in [0.717, 1.165) is 22.0 Å². The molecule has 6 heteroatoms. The minimum absolute atomic E-state index is 0.0239. The normalized spacial score (nSPS) is 18.3. The number of benzene rings is 2. The molecule has 0 bridgehead atoms. The fraction of sp³-hybridized carbons (Fsp3) is 0.333. The number of piperidine rings is 1. The average molecular weight is 406 g/mol. The zero-order valence-corrected chi connectivity index (χ0v) is 16.9. The van der Waals surface area contributed by atoms with Crippen LogP contribution in [0.15, 0.2) is 48.5 Å². The molecule has 3 aromatic rings. The van der Waals surface area contributed by atoms with Gasteiger partial charge >= 0.3 is 0 Å². The largest absolute Gasteiger partial charge is 0.347 e. The second-order valence-corrected chi connectivity index (χ2v) is 7.98. The van der Waals surface area contributed by atoms with Crippen molar-refractivity contribution in [3.05, 3.63) is 65.5 Å². The third kappa shape index (κ3) is 3.46. The molecule has 0 radical (unpaired) electrons. The van der Waals surface area contributed by atoms with Crippen LogP contribution in [-0.4, -0.2) is 47.9 Å². The van der Waals surface area contributed by atoms with Gasteiger partial charge in [0.2, 0.25) is 0 Å². The zero-order valence-electron chi connectivity index (χ0n) is 16.9. The van der Waals surface area contributed by atoms with Crippen LogP contribution in [0.5, 0.6) is 0 Å². The van der Waals surface area contributed by atoms with Crippen molar-refractivity contribution in [1.29, 1.82) is 0 Å². The monoisotopic (exact) mass is 406 g/mol. The van der Waals surface area contributed by atoms with Gasteiger partial charge < -0.3 is 14.4 Å². The Morgan fingerprint density at radius 1 is 1.03 bits per heavy atom. The van der Waals surface area contributed by atoms with E-state index in [2.05, 4.69) is 0 Å². The van der Waals surface area contributed by atoms with Crippen molar-refractivity contribution in [1.82, 2.24) is 9.88 Å². The van der Waals surface area contributed by atoms with Crippen LogP contribution in [0.25, 0.3) is 22.2 Å². The van der Waals surface area contributed by atoms with Crippen LogP contribution < -0.4 is 0 Å². The second-order valence-electron chi connectivity index (χ2n) is 7.98. The molecule has 30 heavy (non-hydrogen) atoms. The third-order valence-electron chi connectivity index (χ3n) is 5.96. The summed E-state index contributed by atoms with van der Waals surface area (Å²) in [6.07, 6.45) is 1.34. The third-order valence-corrected chi connectivity index (χ3v) is 5.96. The first kappa shape index (κ1) is 19.2. The number of fused-ring (bicyclic) bond motifs is 1. The van der Waals surface area contributed by atoms with Crippen LogP contribution in [-0.2, 0) is 9.47 Å². The Hall–Kier alpha value is -2.83. The van der Waals surface area contributed by atoms with Crippen LogP contribution in [0.2, 0.25) is 0 Å². The number of aryl methyl sites for hydroxylation is 1. The van der Waals surface area contributed by atoms with E-state index in [-0.39, 0.29) is 11.7 Å². The summed E-state index contributed by atoms with van der Waals surface area (Å²) in [4.78, 5) is 20.1. The molecule has 2 fully saturated rings. The van der Waals surface area contributed by atoms with E-state index in [0.29, 0.717) is 50.4 Å². The summed E-state index contributed by atoms with van der Waals surface area (Å²) in [5, 5.41) is 0.833. The maximum Gasteiger partial charge on any atom is 0.254 e. The minimum Gasteiger partial charge on any atom is -0.347 e. The van der Waals surface area contributed by atoms with Crippen molar-refractivity contribution in [2.24, 2.45) is 0 Å². The first-order valence-corrected chi connectivity index (χ1v) is 10.3. The number of hydrogen-bond donors (Lipinski definition) is 0. The molecular weight excluding hydrogens is 383 g/mol. The molecular formula is C24H23FN2O3. The fourth-order valence-corrected chi connectivity index (χ4v) is 4.29. The molecule has 0 atom stereocenters. The fourth-order valence-electron chi connectivity index (χ4n) is 4.29. The summed E-state index contributed by atoms with van der Waals surface area (Å²) < 4.78 is 24.9. The molecule has 3 heterocycles. The van der Waals surface area contributed by atoms with Crippen LogP contribution >= 0.6 is 0 Å². The number of hydrogen-bond acceptors (Lipinski definition) is 4. The predicted molar refractivity (Wildman–Crippen MR) is 112 cm³/mol. The number of carbonyl (C=O) groups excluding carboxylic acids is 1. The number of carbonyl (C=O) groups is 1. The Kier molecular flexibility index (Phi) is 4.76. The smallest absolute Gasteiger partial charge is 0.254 e. The van der Waals surface area contributed by atoms with Crippen LogP contribution in [0.4, 0.5) is 4.39 Å². The quantitative estimate of drug-likeness (QED) is 0.636. The van der Waals surface area contributed by atoms with Gasteiger partial charge in [0.05, 0.1) is 30.0 Å². The van der Waals surface area contributed by atoms with Crippen molar-refractivity contribution in [3.8, 4) is 11.3 Å². The van der Waals surface area contributed by atoms with Crippen molar-refractivity contribution < 1.29 is 18.7 Å². The highest BCUT2D eigenvalue weighted by Crippen LogP contribution is 2.33. The molecule has 2 aliphatic heterocycles. The van der Waals surface area contributed by atoms with Gasteiger partial charge in [0, 0.05) is 36.9 Å². The van der Waals surface area contributed by atoms with Crippen LogP contribution in [0.1, 0.15) is 28.8 Å². The summed E-state index contributed by atoms with van der Waals surface area (Å²) in [6.45, 7) is 4.40. The van der Waals surface area contributed by atoms with Gasteiger partial charge in [-0.15, -0.1) is 0 Å². The van der Waals surface area contributed by atoms with E-state index in [4.69, 9.17) is 14.5 Å². The maximum atomic E-state index is 13.5. The van der Waals surface area contributed by atoms with Gasteiger partial charge in [-0.25, -0.2) is 9.37 Å². The van der Waals surface area contributed by atoms with E-state index in [1.54, 1.807) is 12.1 Å². The summed E-state index contributed by atoms with van der Waals surface area (Å²) in [7, 11) is 0. The number of pyridine rings is 1. The number of aromatic nitrogens is 1. The number of ether oxygens (including phenoxy) is 2. The molecule has 1 aromatic heterocycles. The highest BCUT2D eigenvalue weighted by atomic mass is 19.1. The Bertz CT molecular complexity index is 1100. The number of nitrogens with zero attached hydrogens (tertiary/aromatic N) is 2. The van der Waals surface area contributed by atoms with Gasteiger partial charge in [-0.2, -0.15) is 0 Å². The first-order chi connectivity index (χ1) is 14.5. The van der Waals surface area contributed by atoms with Gasteiger partial charge in [0.15, 0.2) is 5.79 Å². The predicted octanol–water partition coefficient (Wildman–Crippen LogP) is 4.33. The number of rotatable bonds is 2.